The number of nitrogens with zero attached hydrogens (tertiary/aromatic N) is 5. The van der Waals surface area contributed by atoms with E-state index in [1.165, 1.54) is 17.1 Å². The van der Waals surface area contributed by atoms with Crippen LogP contribution >= 0.6 is 0 Å². The van der Waals surface area contributed by atoms with Crippen LogP contribution in [0, 0.1) is 12.7 Å². The van der Waals surface area contributed by atoms with Gasteiger partial charge in [-0.05, 0) is 64.4 Å². The van der Waals surface area contributed by atoms with Gasteiger partial charge in [-0.2, -0.15) is 5.10 Å². The van der Waals surface area contributed by atoms with Gasteiger partial charge in [0.15, 0.2) is 5.84 Å². The zero-order valence-electron chi connectivity index (χ0n) is 19.4. The minimum atomic E-state index is -0.638. The summed E-state index contributed by atoms with van der Waals surface area (Å²) in [6.07, 6.45) is 3.59. The summed E-state index contributed by atoms with van der Waals surface area (Å²) in [4.78, 5) is 21.7. The van der Waals surface area contributed by atoms with Crippen LogP contribution in [0.4, 0.5) is 10.2 Å². The number of amidine groups is 1. The third-order valence-electron chi connectivity index (χ3n) is 5.18. The van der Waals surface area contributed by atoms with E-state index >= 15 is 0 Å². The number of carbonyl (C=O) groups excluding carboxylic acids is 1. The van der Waals surface area contributed by atoms with Gasteiger partial charge in [0.2, 0.25) is 0 Å². The largest absolute Gasteiger partial charge is 0.334 e. The number of carbonyl (C=O) groups is 1. The van der Waals surface area contributed by atoms with Crippen LogP contribution in [-0.4, -0.2) is 37.3 Å². The second kappa shape index (κ2) is 9.78. The van der Waals surface area contributed by atoms with Crippen LogP contribution in [0.15, 0.2) is 48.0 Å². The van der Waals surface area contributed by atoms with Gasteiger partial charge in [0.05, 0.1) is 17.6 Å². The van der Waals surface area contributed by atoms with Crippen LogP contribution in [0.3, 0.4) is 0 Å². The van der Waals surface area contributed by atoms with Crippen LogP contribution in [0.1, 0.15) is 55.4 Å². The number of nitrogens with two attached hydrogens (primary N) is 2. The van der Waals surface area contributed by atoms with Crippen molar-refractivity contribution in [2.24, 2.45) is 16.8 Å². The van der Waals surface area contributed by atoms with Gasteiger partial charge in [-0.1, -0.05) is 6.07 Å². The van der Waals surface area contributed by atoms with Crippen molar-refractivity contribution in [1.29, 1.82) is 0 Å². The van der Waals surface area contributed by atoms with E-state index in [9.17, 15) is 9.18 Å². The number of aryl methyl sites for hydroxylation is 1. The molecule has 0 saturated heterocycles. The zero-order valence-corrected chi connectivity index (χ0v) is 19.4. The molecule has 0 unspecified atom stereocenters. The Morgan fingerprint density at radius 3 is 2.58 bits per heavy atom. The normalized spacial score (nSPS) is 11.8. The molecule has 0 saturated carbocycles. The predicted octanol–water partition coefficient (Wildman–Crippen LogP) is 3.43. The maximum atomic E-state index is 14.7. The summed E-state index contributed by atoms with van der Waals surface area (Å²) in [5.41, 5.74) is 2.28. The van der Waals surface area contributed by atoms with Crippen molar-refractivity contribution in [3.05, 3.63) is 65.5 Å². The van der Waals surface area contributed by atoms with Gasteiger partial charge in [0.25, 0.3) is 5.91 Å². The fraction of sp³-hybridized carbons (Fsp3) is 0.304. The maximum Gasteiger partial charge on any atom is 0.259 e. The lowest BCUT2D eigenvalue weighted by Gasteiger charge is -2.23. The first-order valence-electron chi connectivity index (χ1n) is 10.6. The van der Waals surface area contributed by atoms with Gasteiger partial charge in [-0.3, -0.25) is 9.80 Å². The molecule has 0 aliphatic heterocycles. The quantitative estimate of drug-likeness (QED) is 0.228. The molecule has 1 amide bonds. The zero-order chi connectivity index (χ0) is 24.3. The molecule has 0 aliphatic rings. The van der Waals surface area contributed by atoms with Gasteiger partial charge < -0.3 is 15.7 Å². The van der Waals surface area contributed by atoms with Crippen molar-refractivity contribution in [1.82, 2.24) is 19.5 Å². The second-order valence-corrected chi connectivity index (χ2v) is 8.26. The Balaban J connectivity index is 1.90. The Morgan fingerprint density at radius 1 is 1.24 bits per heavy atom. The van der Waals surface area contributed by atoms with Crippen molar-refractivity contribution in [3.63, 3.8) is 0 Å². The molecule has 3 aromatic rings. The van der Waals surface area contributed by atoms with E-state index in [1.807, 2.05) is 38.5 Å². The van der Waals surface area contributed by atoms with Crippen molar-refractivity contribution >= 4 is 17.6 Å². The molecule has 2 aromatic heterocycles. The number of anilines is 1. The van der Waals surface area contributed by atoms with E-state index in [2.05, 4.69) is 20.4 Å². The lowest BCUT2D eigenvalue weighted by atomic mass is 10.0. The summed E-state index contributed by atoms with van der Waals surface area (Å²) in [6.45, 7) is 9.60. The van der Waals surface area contributed by atoms with Crippen molar-refractivity contribution in [2.45, 2.75) is 46.7 Å². The van der Waals surface area contributed by atoms with Crippen molar-refractivity contribution in [3.8, 4) is 11.3 Å². The monoisotopic (exact) mass is 452 g/mol. The van der Waals surface area contributed by atoms with E-state index in [0.717, 1.165) is 0 Å². The highest BCUT2D eigenvalue weighted by Gasteiger charge is 2.19. The summed E-state index contributed by atoms with van der Waals surface area (Å²) in [5, 5.41) is 7.72. The maximum absolute atomic E-state index is 14.7. The molecular weight excluding hydrogens is 423 g/mol. The van der Waals surface area contributed by atoms with Gasteiger partial charge in [0, 0.05) is 23.8 Å². The van der Waals surface area contributed by atoms with Gasteiger partial charge in [-0.15, -0.1) is 0 Å². The molecule has 5 N–H and O–H groups in total. The Hall–Kier alpha value is -3.79. The molecule has 0 atom stereocenters. The average Bonchev–Trinajstić information content (AvgIpc) is 3.24. The van der Waals surface area contributed by atoms with Crippen molar-refractivity contribution in [2.75, 3.05) is 5.32 Å². The third kappa shape index (κ3) is 5.17. The molecule has 33 heavy (non-hydrogen) atoms. The SMILES string of the molecule is Cc1cc(F)c(C(=O)Nc2cccc(/C(=N/N)N(N)C(C)C)n2)cc1-c1cn(C(C)C)cn1. The first kappa shape index (κ1) is 23.9. The Kier molecular flexibility index (Phi) is 7.07. The minimum absolute atomic E-state index is 0.0772. The summed E-state index contributed by atoms with van der Waals surface area (Å²) in [6, 6.07) is 7.91. The number of hydrogen-bond acceptors (Lipinski definition) is 6. The molecule has 0 fully saturated rings. The molecule has 0 radical (unpaired) electrons. The summed E-state index contributed by atoms with van der Waals surface area (Å²) >= 11 is 0. The summed E-state index contributed by atoms with van der Waals surface area (Å²) in [5.74, 6) is 10.7. The van der Waals surface area contributed by atoms with Crippen LogP contribution in [0.5, 0.6) is 0 Å². The average molecular weight is 453 g/mol. The fourth-order valence-electron chi connectivity index (χ4n) is 3.20. The van der Waals surface area contributed by atoms with Gasteiger partial charge >= 0.3 is 0 Å². The standard InChI is InChI=1S/C23H29FN8O/c1-13(2)31-11-20(27-12-31)16-10-17(18(24)9-15(16)5)23(33)29-21-8-6-7-19(28-21)22(30-25)32(26)14(3)4/h6-14H,25-26H2,1-5H3,(H,28,29,33)/b30-22-. The van der Waals surface area contributed by atoms with Gasteiger partial charge in [0.1, 0.15) is 17.3 Å². The van der Waals surface area contributed by atoms with E-state index in [4.69, 9.17) is 11.7 Å². The molecule has 0 spiro atoms. The Bertz CT molecular complexity index is 1180. The smallest absolute Gasteiger partial charge is 0.259 e. The number of pyridine rings is 1. The molecular formula is C23H29FN8O. The number of benzene rings is 1. The highest BCUT2D eigenvalue weighted by atomic mass is 19.1. The fourth-order valence-corrected chi connectivity index (χ4v) is 3.20. The van der Waals surface area contributed by atoms with Gasteiger partial charge in [-0.25, -0.2) is 20.2 Å². The highest BCUT2D eigenvalue weighted by molar-refractivity contribution is 6.05. The number of hydrogen-bond donors (Lipinski definition) is 3. The number of aromatic nitrogens is 3. The molecule has 174 valence electrons. The molecule has 2 heterocycles. The van der Waals surface area contributed by atoms with Crippen LogP contribution in [0.2, 0.25) is 0 Å². The minimum Gasteiger partial charge on any atom is -0.334 e. The topological polar surface area (TPSA) is 127 Å². The second-order valence-electron chi connectivity index (χ2n) is 8.26. The number of amides is 1. The summed E-state index contributed by atoms with van der Waals surface area (Å²) < 4.78 is 16.7. The molecule has 9 nitrogen and oxygen atoms in total. The third-order valence-corrected chi connectivity index (χ3v) is 5.18. The van der Waals surface area contributed by atoms with Crippen LogP contribution in [0.25, 0.3) is 11.3 Å². The number of halogens is 1. The predicted molar refractivity (Wildman–Crippen MR) is 127 cm³/mol. The number of nitrogens with one attached hydrogen (secondary N) is 1. The number of rotatable bonds is 6. The van der Waals surface area contributed by atoms with E-state index < -0.39 is 11.7 Å². The number of hydrazone groups is 1. The number of hydrazine groups is 1. The highest BCUT2D eigenvalue weighted by Crippen LogP contribution is 2.26. The molecule has 0 aliphatic carbocycles. The molecule has 10 heteroatoms. The Labute approximate surface area is 192 Å². The summed E-state index contributed by atoms with van der Waals surface area (Å²) in [7, 11) is 0. The first-order chi connectivity index (χ1) is 15.6. The number of imidazole rings is 1. The lowest BCUT2D eigenvalue weighted by molar-refractivity contribution is 0.102. The van der Waals surface area contributed by atoms with Crippen LogP contribution in [-0.2, 0) is 0 Å². The lowest BCUT2D eigenvalue weighted by Crippen LogP contribution is -2.44. The molecule has 0 bridgehead atoms. The van der Waals surface area contributed by atoms with E-state index in [1.54, 1.807) is 31.5 Å². The molecule has 3 rings (SSSR count). The van der Waals surface area contributed by atoms with Crippen molar-refractivity contribution < 1.29 is 9.18 Å². The molecule has 1 aromatic carbocycles. The van der Waals surface area contributed by atoms with E-state index in [-0.39, 0.29) is 29.3 Å². The van der Waals surface area contributed by atoms with Crippen LogP contribution < -0.4 is 17.0 Å². The van der Waals surface area contributed by atoms with E-state index in [0.29, 0.717) is 22.5 Å². The first-order valence-corrected chi connectivity index (χ1v) is 10.6. The Morgan fingerprint density at radius 2 is 1.97 bits per heavy atom.